The van der Waals surface area contributed by atoms with Crippen LogP contribution in [0.25, 0.3) is 0 Å². The molecule has 1 heterocycles. The van der Waals surface area contributed by atoms with Gasteiger partial charge in [-0.2, -0.15) is 5.48 Å². The minimum Gasteiger partial charge on any atom is -0.491 e. The molecule has 1 atom stereocenters. The van der Waals surface area contributed by atoms with E-state index in [2.05, 4.69) is 47.4 Å². The van der Waals surface area contributed by atoms with E-state index in [0.29, 0.717) is 12.5 Å². The average molecular weight is 286 g/mol. The van der Waals surface area contributed by atoms with Crippen molar-refractivity contribution >= 4 is 15.9 Å². The Hall–Kier alpha value is -0.580. The molecule has 1 aliphatic rings. The van der Waals surface area contributed by atoms with Crippen molar-refractivity contribution in [2.45, 2.75) is 25.8 Å². The zero-order valence-corrected chi connectivity index (χ0v) is 11.3. The molecule has 1 aromatic carbocycles. The Bertz CT molecular complexity index is 393. The number of benzene rings is 1. The molecule has 0 saturated carbocycles. The van der Waals surface area contributed by atoms with Crippen molar-refractivity contribution in [3.8, 4) is 5.75 Å². The molecule has 0 radical (unpaired) electrons. The van der Waals surface area contributed by atoms with Gasteiger partial charge in [0.15, 0.2) is 0 Å². The molecule has 1 aliphatic heterocycles. The highest BCUT2D eigenvalue weighted by molar-refractivity contribution is 9.10. The smallest absolute Gasteiger partial charge is 0.127 e. The molecule has 3 nitrogen and oxygen atoms in total. The summed E-state index contributed by atoms with van der Waals surface area (Å²) in [5, 5.41) is 0. The summed E-state index contributed by atoms with van der Waals surface area (Å²) in [6, 6.07) is 4.33. The van der Waals surface area contributed by atoms with Crippen molar-refractivity contribution in [2.75, 3.05) is 13.7 Å². The first-order valence-electron chi connectivity index (χ1n) is 5.38. The molecule has 16 heavy (non-hydrogen) atoms. The Morgan fingerprint density at radius 1 is 1.50 bits per heavy atom. The van der Waals surface area contributed by atoms with Gasteiger partial charge in [-0.3, -0.25) is 0 Å². The zero-order chi connectivity index (χ0) is 11.7. The fourth-order valence-electron chi connectivity index (χ4n) is 1.99. The normalized spacial score (nSPS) is 18.7. The summed E-state index contributed by atoms with van der Waals surface area (Å²) in [7, 11) is 1.62. The maximum atomic E-state index is 5.75. The van der Waals surface area contributed by atoms with Crippen LogP contribution >= 0.6 is 15.9 Å². The number of nitrogens with one attached hydrogen (secondary N) is 1. The molecule has 0 saturated heterocycles. The molecule has 0 aliphatic carbocycles. The topological polar surface area (TPSA) is 30.5 Å². The van der Waals surface area contributed by atoms with Gasteiger partial charge in [-0.05, 0) is 23.6 Å². The van der Waals surface area contributed by atoms with Crippen LogP contribution in [-0.4, -0.2) is 13.7 Å². The molecule has 4 heteroatoms. The second-order valence-electron chi connectivity index (χ2n) is 4.25. The monoisotopic (exact) mass is 285 g/mol. The molecule has 88 valence electrons. The van der Waals surface area contributed by atoms with E-state index in [0.717, 1.165) is 10.2 Å². The summed E-state index contributed by atoms with van der Waals surface area (Å²) in [4.78, 5) is 4.98. The molecule has 1 unspecified atom stereocenters. The number of fused-ring (bicyclic) bond motifs is 1. The first-order valence-corrected chi connectivity index (χ1v) is 6.17. The Balaban J connectivity index is 2.43. The average Bonchev–Trinajstić information content (AvgIpc) is 2.61. The lowest BCUT2D eigenvalue weighted by Crippen LogP contribution is -2.20. The van der Waals surface area contributed by atoms with Crippen LogP contribution in [0.4, 0.5) is 0 Å². The summed E-state index contributed by atoms with van der Waals surface area (Å²) < 4.78 is 6.83. The number of ether oxygens (including phenoxy) is 1. The van der Waals surface area contributed by atoms with E-state index in [9.17, 15) is 0 Å². The molecule has 0 fully saturated rings. The Morgan fingerprint density at radius 2 is 2.25 bits per heavy atom. The Morgan fingerprint density at radius 3 is 2.88 bits per heavy atom. The third-order valence-corrected chi connectivity index (χ3v) is 3.22. The van der Waals surface area contributed by atoms with Crippen LogP contribution in [0, 0.1) is 0 Å². The highest BCUT2D eigenvalue weighted by atomic mass is 79.9. The zero-order valence-electron chi connectivity index (χ0n) is 9.71. The van der Waals surface area contributed by atoms with E-state index in [-0.39, 0.29) is 6.04 Å². The van der Waals surface area contributed by atoms with E-state index in [1.165, 1.54) is 11.1 Å². The second kappa shape index (κ2) is 4.73. The first-order chi connectivity index (χ1) is 7.63. The fourth-order valence-corrected chi connectivity index (χ4v) is 2.48. The molecule has 2 rings (SSSR count). The van der Waals surface area contributed by atoms with Gasteiger partial charge in [0.05, 0.1) is 13.2 Å². The number of halogens is 1. The summed E-state index contributed by atoms with van der Waals surface area (Å²) in [5.74, 6) is 1.46. The van der Waals surface area contributed by atoms with Crippen LogP contribution in [0.2, 0.25) is 0 Å². The van der Waals surface area contributed by atoms with Crippen LogP contribution in [-0.2, 0) is 4.84 Å². The second-order valence-corrected chi connectivity index (χ2v) is 5.17. The number of hydrogen-bond donors (Lipinski definition) is 1. The molecular formula is C12H16BrNO2. The lowest BCUT2D eigenvalue weighted by molar-refractivity contribution is 0.0535. The molecule has 0 bridgehead atoms. The van der Waals surface area contributed by atoms with Crippen molar-refractivity contribution in [1.82, 2.24) is 5.48 Å². The molecule has 0 aromatic heterocycles. The van der Waals surface area contributed by atoms with E-state index in [1.54, 1.807) is 7.11 Å². The van der Waals surface area contributed by atoms with E-state index < -0.39 is 0 Å². The number of rotatable bonds is 3. The summed E-state index contributed by atoms with van der Waals surface area (Å²) in [5.41, 5.74) is 5.36. The van der Waals surface area contributed by atoms with E-state index >= 15 is 0 Å². The third kappa shape index (κ3) is 2.10. The minimum atomic E-state index is 0.120. The molecule has 0 spiro atoms. The van der Waals surface area contributed by atoms with Crippen LogP contribution in [0.5, 0.6) is 5.75 Å². The highest BCUT2D eigenvalue weighted by Crippen LogP contribution is 2.40. The Labute approximate surface area is 104 Å². The SMILES string of the molecule is CONC1COc2c(C(C)C)cc(Br)cc21. The van der Waals surface area contributed by atoms with Gasteiger partial charge < -0.3 is 9.57 Å². The molecule has 0 amide bonds. The van der Waals surface area contributed by atoms with Gasteiger partial charge in [0, 0.05) is 10.0 Å². The lowest BCUT2D eigenvalue weighted by Gasteiger charge is -2.13. The number of hydrogen-bond acceptors (Lipinski definition) is 3. The van der Waals surface area contributed by atoms with Gasteiger partial charge in [0.2, 0.25) is 0 Å². The fraction of sp³-hybridized carbons (Fsp3) is 0.500. The lowest BCUT2D eigenvalue weighted by atomic mass is 9.98. The standard InChI is InChI=1S/C12H16BrNO2/c1-7(2)9-4-8(13)5-10-11(14-15-3)6-16-12(9)10/h4-5,7,11,14H,6H2,1-3H3. The maximum absolute atomic E-state index is 5.75. The molecular weight excluding hydrogens is 270 g/mol. The van der Waals surface area contributed by atoms with Gasteiger partial charge in [-0.15, -0.1) is 0 Å². The third-order valence-electron chi connectivity index (χ3n) is 2.76. The Kier molecular flexibility index (Phi) is 3.52. The minimum absolute atomic E-state index is 0.120. The van der Waals surface area contributed by atoms with Crippen LogP contribution in [0.3, 0.4) is 0 Å². The van der Waals surface area contributed by atoms with Crippen molar-refractivity contribution in [2.24, 2.45) is 0 Å². The van der Waals surface area contributed by atoms with Gasteiger partial charge in [-0.25, -0.2) is 0 Å². The van der Waals surface area contributed by atoms with Gasteiger partial charge in [-0.1, -0.05) is 29.8 Å². The predicted octanol–water partition coefficient (Wildman–Crippen LogP) is 3.16. The summed E-state index contributed by atoms with van der Waals surface area (Å²) in [6.07, 6.45) is 0. The van der Waals surface area contributed by atoms with Crippen molar-refractivity contribution in [1.29, 1.82) is 0 Å². The highest BCUT2D eigenvalue weighted by Gasteiger charge is 2.27. The molecule has 1 N–H and O–H groups in total. The van der Waals surface area contributed by atoms with Crippen LogP contribution < -0.4 is 10.2 Å². The van der Waals surface area contributed by atoms with Crippen molar-refractivity contribution < 1.29 is 9.57 Å². The van der Waals surface area contributed by atoms with Gasteiger partial charge in [0.25, 0.3) is 0 Å². The van der Waals surface area contributed by atoms with Gasteiger partial charge in [0.1, 0.15) is 12.4 Å². The van der Waals surface area contributed by atoms with Crippen LogP contribution in [0.15, 0.2) is 16.6 Å². The summed E-state index contributed by atoms with van der Waals surface area (Å²) in [6.45, 7) is 4.96. The molecule has 1 aromatic rings. The van der Waals surface area contributed by atoms with Crippen molar-refractivity contribution in [3.63, 3.8) is 0 Å². The summed E-state index contributed by atoms with van der Waals surface area (Å²) >= 11 is 3.54. The largest absolute Gasteiger partial charge is 0.491 e. The predicted molar refractivity (Wildman–Crippen MR) is 66.6 cm³/mol. The van der Waals surface area contributed by atoms with Gasteiger partial charge >= 0.3 is 0 Å². The van der Waals surface area contributed by atoms with E-state index in [1.807, 2.05) is 0 Å². The maximum Gasteiger partial charge on any atom is 0.127 e. The number of hydroxylamine groups is 1. The quantitative estimate of drug-likeness (QED) is 0.866. The van der Waals surface area contributed by atoms with E-state index in [4.69, 9.17) is 9.57 Å². The first kappa shape index (κ1) is 11.9. The van der Waals surface area contributed by atoms with Crippen LogP contribution in [0.1, 0.15) is 36.9 Å². The van der Waals surface area contributed by atoms with Crippen molar-refractivity contribution in [3.05, 3.63) is 27.7 Å².